The third kappa shape index (κ3) is 1.82. The fourth-order valence-corrected chi connectivity index (χ4v) is 2.78. The minimum atomic E-state index is 0.554. The van der Waals surface area contributed by atoms with Crippen molar-refractivity contribution in [2.75, 3.05) is 0 Å². The summed E-state index contributed by atoms with van der Waals surface area (Å²) in [5.74, 6) is 0.554. The third-order valence-electron chi connectivity index (χ3n) is 1.77. The van der Waals surface area contributed by atoms with E-state index in [9.17, 15) is 0 Å². The van der Waals surface area contributed by atoms with E-state index in [1.54, 1.807) is 11.3 Å². The van der Waals surface area contributed by atoms with Gasteiger partial charge in [0, 0.05) is 14.5 Å². The van der Waals surface area contributed by atoms with Gasteiger partial charge < -0.3 is 0 Å². The quantitative estimate of drug-likeness (QED) is 0.555. The molecule has 0 aliphatic carbocycles. The molecule has 0 saturated carbocycles. The number of hydrogen-bond donors (Lipinski definition) is 1. The molecule has 0 unspecified atom stereocenters. The van der Waals surface area contributed by atoms with Crippen LogP contribution in [0.25, 0.3) is 10.1 Å². The van der Waals surface area contributed by atoms with E-state index in [4.69, 9.17) is 23.2 Å². The Bertz CT molecular complexity index is 409. The van der Waals surface area contributed by atoms with Crippen LogP contribution in [0.3, 0.4) is 0 Å². The van der Waals surface area contributed by atoms with Crippen LogP contribution < -0.4 is 0 Å². The highest BCUT2D eigenvalue weighted by Crippen LogP contribution is 2.32. The maximum Gasteiger partial charge on any atom is 0.0568 e. The lowest BCUT2D eigenvalue weighted by Crippen LogP contribution is -1.68. The molecular formula is C9H6Cl2S2. The van der Waals surface area contributed by atoms with Gasteiger partial charge in [0.05, 0.1) is 10.9 Å². The van der Waals surface area contributed by atoms with E-state index < -0.39 is 0 Å². The van der Waals surface area contributed by atoms with Gasteiger partial charge in [-0.25, -0.2) is 0 Å². The van der Waals surface area contributed by atoms with Crippen molar-refractivity contribution in [2.24, 2.45) is 0 Å². The first-order valence-electron chi connectivity index (χ1n) is 3.67. The molecule has 0 radical (unpaired) electrons. The van der Waals surface area contributed by atoms with Gasteiger partial charge in [-0.15, -0.1) is 35.6 Å². The molecule has 0 saturated heterocycles. The Morgan fingerprint density at radius 2 is 2.08 bits per heavy atom. The smallest absolute Gasteiger partial charge is 0.0568 e. The summed E-state index contributed by atoms with van der Waals surface area (Å²) >= 11 is 17.6. The van der Waals surface area contributed by atoms with Crippen molar-refractivity contribution < 1.29 is 0 Å². The van der Waals surface area contributed by atoms with Gasteiger partial charge in [-0.3, -0.25) is 0 Å². The van der Waals surface area contributed by atoms with E-state index in [-0.39, 0.29) is 0 Å². The molecule has 4 heteroatoms. The first-order chi connectivity index (χ1) is 6.20. The summed E-state index contributed by atoms with van der Waals surface area (Å²) in [7, 11) is 0. The minimum Gasteiger partial charge on any atom is -0.142 e. The van der Waals surface area contributed by atoms with Crippen LogP contribution in [0.2, 0.25) is 5.02 Å². The van der Waals surface area contributed by atoms with Gasteiger partial charge in [0.25, 0.3) is 0 Å². The van der Waals surface area contributed by atoms with Gasteiger partial charge in [-0.1, -0.05) is 11.6 Å². The average molecular weight is 249 g/mol. The maximum atomic E-state index is 5.94. The van der Waals surface area contributed by atoms with Gasteiger partial charge in [0.1, 0.15) is 0 Å². The van der Waals surface area contributed by atoms with Crippen molar-refractivity contribution in [3.8, 4) is 0 Å². The van der Waals surface area contributed by atoms with E-state index >= 15 is 0 Å². The molecule has 0 amide bonds. The molecule has 1 aromatic carbocycles. The van der Waals surface area contributed by atoms with Crippen LogP contribution in [0.15, 0.2) is 23.1 Å². The Morgan fingerprint density at radius 1 is 1.31 bits per heavy atom. The lowest BCUT2D eigenvalue weighted by atomic mass is 10.2. The number of rotatable bonds is 1. The van der Waals surface area contributed by atoms with Gasteiger partial charge in [0.15, 0.2) is 0 Å². The summed E-state index contributed by atoms with van der Waals surface area (Å²) < 4.78 is 1.17. The highest BCUT2D eigenvalue weighted by molar-refractivity contribution is 7.80. The molecule has 0 nitrogen and oxygen atoms in total. The summed E-state index contributed by atoms with van der Waals surface area (Å²) in [5.41, 5.74) is 0. The molecule has 0 aliphatic heterocycles. The number of benzene rings is 1. The van der Waals surface area contributed by atoms with Gasteiger partial charge >= 0.3 is 0 Å². The molecule has 0 spiro atoms. The maximum absolute atomic E-state index is 5.94. The lowest BCUT2D eigenvalue weighted by Gasteiger charge is -1.95. The number of thiophene rings is 1. The summed E-state index contributed by atoms with van der Waals surface area (Å²) in [6, 6.07) is 5.97. The first-order valence-corrected chi connectivity index (χ1v) is 5.85. The zero-order chi connectivity index (χ0) is 9.42. The normalized spacial score (nSPS) is 11.0. The van der Waals surface area contributed by atoms with Crippen molar-refractivity contribution in [1.29, 1.82) is 0 Å². The van der Waals surface area contributed by atoms with Crippen molar-refractivity contribution in [1.82, 2.24) is 0 Å². The fourth-order valence-electron chi connectivity index (χ4n) is 1.17. The topological polar surface area (TPSA) is 0 Å². The first kappa shape index (κ1) is 9.66. The van der Waals surface area contributed by atoms with E-state index in [2.05, 4.69) is 18.7 Å². The number of thiol groups is 1. The van der Waals surface area contributed by atoms with Crippen LogP contribution in [0.1, 0.15) is 4.88 Å². The summed E-state index contributed by atoms with van der Waals surface area (Å²) in [5, 5.41) is 1.86. The van der Waals surface area contributed by atoms with Crippen LogP contribution in [0, 0.1) is 0 Å². The molecule has 0 aliphatic rings. The molecular weight excluding hydrogens is 243 g/mol. The number of halogens is 2. The van der Waals surface area contributed by atoms with Crippen LogP contribution in [-0.4, -0.2) is 0 Å². The predicted molar refractivity (Wildman–Crippen MR) is 63.6 cm³/mol. The number of fused-ring (bicyclic) bond motifs is 1. The third-order valence-corrected chi connectivity index (χ3v) is 4.13. The molecule has 13 heavy (non-hydrogen) atoms. The summed E-state index contributed by atoms with van der Waals surface area (Å²) in [6.07, 6.45) is 0. The summed E-state index contributed by atoms with van der Waals surface area (Å²) in [4.78, 5) is 1.97. The highest BCUT2D eigenvalue weighted by Gasteiger charge is 2.04. The Balaban J connectivity index is 2.70. The molecule has 1 heterocycles. The van der Waals surface area contributed by atoms with Crippen molar-refractivity contribution in [2.45, 2.75) is 10.8 Å². The molecule has 2 rings (SSSR count). The molecule has 1 aromatic heterocycles. The second-order valence-corrected chi connectivity index (χ2v) is 5.01. The minimum absolute atomic E-state index is 0.554. The second-order valence-electron chi connectivity index (χ2n) is 2.69. The fraction of sp³-hybridized carbons (Fsp3) is 0.111. The Hall–Kier alpha value is 0.110. The summed E-state index contributed by atoms with van der Waals surface area (Å²) in [6.45, 7) is 0. The lowest BCUT2D eigenvalue weighted by molar-refractivity contribution is 1.52. The van der Waals surface area contributed by atoms with Crippen LogP contribution >= 0.6 is 47.2 Å². The number of hydrogen-bond acceptors (Lipinski definition) is 2. The zero-order valence-electron chi connectivity index (χ0n) is 6.55. The van der Waals surface area contributed by atoms with Crippen molar-refractivity contribution in [3.63, 3.8) is 0 Å². The SMILES string of the molecule is Sc1cc2cc(CCl)sc2cc1Cl. The van der Waals surface area contributed by atoms with Crippen molar-refractivity contribution in [3.05, 3.63) is 28.1 Å². The Morgan fingerprint density at radius 3 is 2.77 bits per heavy atom. The standard InChI is InChI=1S/C9H6Cl2S2/c10-4-6-1-5-2-8(12)7(11)3-9(5)13-6/h1-3,12H,4H2. The Labute approximate surface area is 95.9 Å². The zero-order valence-corrected chi connectivity index (χ0v) is 9.77. The molecule has 68 valence electrons. The van der Waals surface area contributed by atoms with Gasteiger partial charge in [0.2, 0.25) is 0 Å². The molecule has 0 fully saturated rings. The monoisotopic (exact) mass is 248 g/mol. The van der Waals surface area contributed by atoms with E-state index in [0.717, 1.165) is 15.2 Å². The van der Waals surface area contributed by atoms with E-state index in [1.807, 2.05) is 12.1 Å². The highest BCUT2D eigenvalue weighted by atomic mass is 35.5. The molecule has 2 aromatic rings. The number of alkyl halides is 1. The largest absolute Gasteiger partial charge is 0.142 e. The van der Waals surface area contributed by atoms with Crippen LogP contribution in [0.4, 0.5) is 0 Å². The van der Waals surface area contributed by atoms with Gasteiger partial charge in [-0.05, 0) is 23.6 Å². The molecule has 0 N–H and O–H groups in total. The average Bonchev–Trinajstić information content (AvgIpc) is 2.48. The van der Waals surface area contributed by atoms with Crippen LogP contribution in [0.5, 0.6) is 0 Å². The Kier molecular flexibility index (Phi) is 2.75. The van der Waals surface area contributed by atoms with Crippen molar-refractivity contribution >= 4 is 57.3 Å². The van der Waals surface area contributed by atoms with E-state index in [1.165, 1.54) is 4.70 Å². The van der Waals surface area contributed by atoms with Crippen LogP contribution in [-0.2, 0) is 5.88 Å². The second kappa shape index (κ2) is 3.70. The molecule has 0 bridgehead atoms. The molecule has 0 atom stereocenters. The van der Waals surface area contributed by atoms with Gasteiger partial charge in [-0.2, -0.15) is 0 Å². The predicted octanol–water partition coefficient (Wildman–Crippen LogP) is 4.58. The van der Waals surface area contributed by atoms with E-state index in [0.29, 0.717) is 10.9 Å².